The van der Waals surface area contributed by atoms with E-state index in [-0.39, 0.29) is 11.8 Å². The molecule has 1 heterocycles. The maximum atomic E-state index is 12.6. The van der Waals surface area contributed by atoms with Crippen molar-refractivity contribution in [3.05, 3.63) is 69.2 Å². The minimum atomic E-state index is -0.153. The molecule has 5 nitrogen and oxygen atoms in total. The molecule has 0 bridgehead atoms. The summed E-state index contributed by atoms with van der Waals surface area (Å²) in [5.74, 6) is -0.257. The molecule has 0 N–H and O–H groups in total. The van der Waals surface area contributed by atoms with E-state index in [0.29, 0.717) is 52.9 Å². The molecule has 26 heavy (non-hydrogen) atoms. The molecular formula is C19H15Cl2N3O2. The van der Waals surface area contributed by atoms with Gasteiger partial charge in [-0.3, -0.25) is 9.59 Å². The van der Waals surface area contributed by atoms with Crippen LogP contribution in [0, 0.1) is 11.3 Å². The Hall–Kier alpha value is -2.55. The van der Waals surface area contributed by atoms with Gasteiger partial charge in [-0.2, -0.15) is 5.26 Å². The number of amides is 2. The van der Waals surface area contributed by atoms with Crippen LogP contribution in [0.4, 0.5) is 0 Å². The lowest BCUT2D eigenvalue weighted by Gasteiger charge is -2.35. The van der Waals surface area contributed by atoms with Crippen LogP contribution in [0.5, 0.6) is 0 Å². The highest BCUT2D eigenvalue weighted by Gasteiger charge is 2.25. The Morgan fingerprint density at radius 3 is 1.73 bits per heavy atom. The van der Waals surface area contributed by atoms with E-state index in [1.165, 1.54) is 0 Å². The Kier molecular flexibility index (Phi) is 5.46. The van der Waals surface area contributed by atoms with Crippen molar-refractivity contribution in [2.24, 2.45) is 0 Å². The summed E-state index contributed by atoms with van der Waals surface area (Å²) in [7, 11) is 0. The van der Waals surface area contributed by atoms with Crippen LogP contribution >= 0.6 is 23.2 Å². The number of carbonyl (C=O) groups excluding carboxylic acids is 2. The van der Waals surface area contributed by atoms with Crippen LogP contribution in [-0.2, 0) is 0 Å². The molecule has 1 fully saturated rings. The Labute approximate surface area is 161 Å². The third kappa shape index (κ3) is 3.98. The number of nitriles is 1. The summed E-state index contributed by atoms with van der Waals surface area (Å²) < 4.78 is 0. The molecule has 1 aliphatic heterocycles. The molecule has 0 saturated carbocycles. The molecule has 2 amide bonds. The minimum absolute atomic E-state index is 0.104. The highest BCUT2D eigenvalue weighted by molar-refractivity contribution is 6.35. The van der Waals surface area contributed by atoms with Crippen molar-refractivity contribution in [3.63, 3.8) is 0 Å². The fourth-order valence-corrected chi connectivity index (χ4v) is 3.37. The summed E-state index contributed by atoms with van der Waals surface area (Å²) in [5.41, 5.74) is 1.48. The molecule has 2 aromatic carbocycles. The van der Waals surface area contributed by atoms with Crippen molar-refractivity contribution in [2.75, 3.05) is 26.2 Å². The van der Waals surface area contributed by atoms with Crippen LogP contribution in [0.2, 0.25) is 10.0 Å². The lowest BCUT2D eigenvalue weighted by Crippen LogP contribution is -2.50. The zero-order valence-electron chi connectivity index (χ0n) is 13.8. The van der Waals surface area contributed by atoms with Crippen LogP contribution < -0.4 is 0 Å². The van der Waals surface area contributed by atoms with Gasteiger partial charge in [0.15, 0.2) is 0 Å². The average Bonchev–Trinajstić information content (AvgIpc) is 2.66. The highest BCUT2D eigenvalue weighted by Crippen LogP contribution is 2.21. The number of halogens is 2. The van der Waals surface area contributed by atoms with Gasteiger partial charge in [0.2, 0.25) is 0 Å². The molecule has 132 valence electrons. The van der Waals surface area contributed by atoms with Gasteiger partial charge in [0.05, 0.1) is 11.6 Å². The Balaban J connectivity index is 1.64. The van der Waals surface area contributed by atoms with E-state index in [0.717, 1.165) is 0 Å². The third-order valence-electron chi connectivity index (χ3n) is 4.22. The molecular weight excluding hydrogens is 373 g/mol. The average molecular weight is 388 g/mol. The monoisotopic (exact) mass is 387 g/mol. The quantitative estimate of drug-likeness (QED) is 0.792. The lowest BCUT2D eigenvalue weighted by molar-refractivity contribution is 0.0535. The fourth-order valence-electron chi connectivity index (χ4n) is 2.84. The van der Waals surface area contributed by atoms with Gasteiger partial charge in [-0.25, -0.2) is 0 Å². The fraction of sp³-hybridized carbons (Fsp3) is 0.211. The van der Waals surface area contributed by atoms with Gasteiger partial charge in [-0.1, -0.05) is 23.2 Å². The van der Waals surface area contributed by atoms with E-state index < -0.39 is 0 Å². The number of hydrogen-bond acceptors (Lipinski definition) is 3. The highest BCUT2D eigenvalue weighted by atomic mass is 35.5. The largest absolute Gasteiger partial charge is 0.335 e. The maximum Gasteiger partial charge on any atom is 0.254 e. The summed E-state index contributed by atoms with van der Waals surface area (Å²) in [4.78, 5) is 28.5. The molecule has 0 unspecified atom stereocenters. The van der Waals surface area contributed by atoms with Crippen molar-refractivity contribution in [1.82, 2.24) is 9.80 Å². The second-order valence-electron chi connectivity index (χ2n) is 5.93. The van der Waals surface area contributed by atoms with Crippen LogP contribution in [0.3, 0.4) is 0 Å². The van der Waals surface area contributed by atoms with Gasteiger partial charge in [0, 0.05) is 47.4 Å². The van der Waals surface area contributed by atoms with Crippen molar-refractivity contribution in [3.8, 4) is 6.07 Å². The van der Waals surface area contributed by atoms with E-state index >= 15 is 0 Å². The van der Waals surface area contributed by atoms with Crippen LogP contribution in [0.1, 0.15) is 26.3 Å². The Bertz CT molecular complexity index is 862. The van der Waals surface area contributed by atoms with E-state index in [4.69, 9.17) is 28.5 Å². The molecule has 0 radical (unpaired) electrons. The number of benzene rings is 2. The van der Waals surface area contributed by atoms with Gasteiger partial charge in [0.1, 0.15) is 0 Å². The molecule has 0 aliphatic carbocycles. The second-order valence-corrected chi connectivity index (χ2v) is 6.80. The standard InChI is InChI=1S/C19H15Cl2N3O2/c20-16-9-15(10-17(21)11-16)19(26)24-7-5-23(6-8-24)18(25)14-3-1-13(12-22)2-4-14/h1-4,9-11H,5-8H2. The molecule has 0 spiro atoms. The summed E-state index contributed by atoms with van der Waals surface area (Å²) in [6.07, 6.45) is 0. The first-order chi connectivity index (χ1) is 12.5. The first kappa shape index (κ1) is 18.2. The van der Waals surface area contributed by atoms with Crippen molar-refractivity contribution >= 4 is 35.0 Å². The topological polar surface area (TPSA) is 64.4 Å². The predicted molar refractivity (Wildman–Crippen MR) is 99.4 cm³/mol. The molecule has 3 rings (SSSR count). The van der Waals surface area contributed by atoms with Crippen molar-refractivity contribution in [1.29, 1.82) is 5.26 Å². The number of carbonyl (C=O) groups is 2. The van der Waals surface area contributed by atoms with Crippen LogP contribution in [0.15, 0.2) is 42.5 Å². The minimum Gasteiger partial charge on any atom is -0.335 e. The van der Waals surface area contributed by atoms with E-state index in [1.54, 1.807) is 52.3 Å². The number of hydrogen-bond donors (Lipinski definition) is 0. The normalized spacial score (nSPS) is 14.0. The third-order valence-corrected chi connectivity index (χ3v) is 4.66. The van der Waals surface area contributed by atoms with Gasteiger partial charge in [-0.15, -0.1) is 0 Å². The van der Waals surface area contributed by atoms with Crippen LogP contribution in [0.25, 0.3) is 0 Å². The summed E-state index contributed by atoms with van der Waals surface area (Å²) in [6.45, 7) is 1.76. The van der Waals surface area contributed by atoms with Gasteiger partial charge < -0.3 is 9.80 Å². The molecule has 0 atom stereocenters. The van der Waals surface area contributed by atoms with Crippen molar-refractivity contribution in [2.45, 2.75) is 0 Å². The molecule has 7 heteroatoms. The SMILES string of the molecule is N#Cc1ccc(C(=O)N2CCN(C(=O)c3cc(Cl)cc(Cl)c3)CC2)cc1. The molecule has 1 aliphatic rings. The summed E-state index contributed by atoms with van der Waals surface area (Å²) in [5, 5.41) is 9.65. The van der Waals surface area contributed by atoms with E-state index in [2.05, 4.69) is 0 Å². The molecule has 0 aromatic heterocycles. The van der Waals surface area contributed by atoms with E-state index in [9.17, 15) is 9.59 Å². The van der Waals surface area contributed by atoms with Crippen molar-refractivity contribution < 1.29 is 9.59 Å². The first-order valence-electron chi connectivity index (χ1n) is 8.03. The van der Waals surface area contributed by atoms with Gasteiger partial charge in [-0.05, 0) is 42.5 Å². The van der Waals surface area contributed by atoms with E-state index in [1.807, 2.05) is 6.07 Å². The number of piperazine rings is 1. The smallest absolute Gasteiger partial charge is 0.254 e. The zero-order valence-corrected chi connectivity index (χ0v) is 15.3. The molecule has 2 aromatic rings. The molecule has 1 saturated heterocycles. The van der Waals surface area contributed by atoms with Gasteiger partial charge >= 0.3 is 0 Å². The second kappa shape index (κ2) is 7.77. The number of rotatable bonds is 2. The summed E-state index contributed by atoms with van der Waals surface area (Å²) >= 11 is 11.9. The lowest BCUT2D eigenvalue weighted by atomic mass is 10.1. The Morgan fingerprint density at radius 1 is 0.808 bits per heavy atom. The summed E-state index contributed by atoms with van der Waals surface area (Å²) in [6, 6.07) is 13.3. The van der Waals surface area contributed by atoms with Crippen LogP contribution in [-0.4, -0.2) is 47.8 Å². The number of nitrogens with zero attached hydrogens (tertiary/aromatic N) is 3. The predicted octanol–water partition coefficient (Wildman–Crippen LogP) is 3.46. The Morgan fingerprint density at radius 2 is 1.27 bits per heavy atom. The maximum absolute atomic E-state index is 12.6. The van der Waals surface area contributed by atoms with Gasteiger partial charge in [0.25, 0.3) is 11.8 Å². The zero-order chi connectivity index (χ0) is 18.7. The first-order valence-corrected chi connectivity index (χ1v) is 8.78.